The fourth-order valence-electron chi connectivity index (χ4n) is 1.66. The number of nitrogens with one attached hydrogen (secondary N) is 1. The smallest absolute Gasteiger partial charge is 0.251 e. The Morgan fingerprint density at radius 3 is 2.89 bits per heavy atom. The number of nitrogens with zero attached hydrogens (tertiary/aromatic N) is 3. The van der Waals surface area contributed by atoms with E-state index in [1.807, 2.05) is 24.6 Å². The Hall–Kier alpha value is -1.88. The Balaban J connectivity index is 1.91. The molecule has 2 rings (SSSR count). The van der Waals surface area contributed by atoms with Gasteiger partial charge in [-0.05, 0) is 24.6 Å². The fraction of sp³-hybridized carbons (Fsp3) is 0.308. The molecule has 0 fully saturated rings. The van der Waals surface area contributed by atoms with Gasteiger partial charge in [-0.1, -0.05) is 17.7 Å². The molecule has 2 aromatic rings. The summed E-state index contributed by atoms with van der Waals surface area (Å²) in [5.41, 5.74) is 1.52. The number of benzene rings is 1. The van der Waals surface area contributed by atoms with Crippen LogP contribution in [0.4, 0.5) is 0 Å². The quantitative estimate of drug-likeness (QED) is 0.927. The topological polar surface area (TPSA) is 59.8 Å². The number of hydrogen-bond acceptors (Lipinski definition) is 3. The minimum atomic E-state index is -0.135. The van der Waals surface area contributed by atoms with Crippen molar-refractivity contribution in [2.75, 3.05) is 6.54 Å². The molecule has 0 aliphatic rings. The molecule has 0 saturated carbocycles. The fourth-order valence-corrected chi connectivity index (χ4v) is 1.84. The molecule has 19 heavy (non-hydrogen) atoms. The first-order chi connectivity index (χ1) is 9.08. The molecule has 1 N–H and O–H groups in total. The maximum absolute atomic E-state index is 11.9. The third-order valence-corrected chi connectivity index (χ3v) is 3.28. The van der Waals surface area contributed by atoms with Gasteiger partial charge < -0.3 is 9.88 Å². The Kier molecular flexibility index (Phi) is 4.16. The second-order valence-corrected chi connectivity index (χ2v) is 4.74. The van der Waals surface area contributed by atoms with Crippen LogP contribution in [-0.4, -0.2) is 27.2 Å². The molecule has 0 bridgehead atoms. The van der Waals surface area contributed by atoms with Gasteiger partial charge in [-0.15, -0.1) is 10.2 Å². The van der Waals surface area contributed by atoms with E-state index in [0.29, 0.717) is 23.6 Å². The lowest BCUT2D eigenvalue weighted by molar-refractivity contribution is 0.0954. The molecule has 0 unspecified atom stereocenters. The summed E-state index contributed by atoms with van der Waals surface area (Å²) < 4.78 is 1.83. The van der Waals surface area contributed by atoms with Crippen molar-refractivity contribution in [3.8, 4) is 0 Å². The van der Waals surface area contributed by atoms with E-state index in [9.17, 15) is 4.79 Å². The van der Waals surface area contributed by atoms with Crippen LogP contribution >= 0.6 is 11.6 Å². The lowest BCUT2D eigenvalue weighted by Gasteiger charge is -2.06. The maximum atomic E-state index is 11.9. The van der Waals surface area contributed by atoms with Crippen molar-refractivity contribution in [3.05, 3.63) is 46.5 Å². The second-order valence-electron chi connectivity index (χ2n) is 4.33. The number of aryl methyl sites for hydroxylation is 2. The van der Waals surface area contributed by atoms with E-state index in [1.165, 1.54) is 0 Å². The number of rotatable bonds is 4. The van der Waals surface area contributed by atoms with Crippen LogP contribution in [0.3, 0.4) is 0 Å². The summed E-state index contributed by atoms with van der Waals surface area (Å²) >= 11 is 5.99. The number of carbonyl (C=O) groups is 1. The van der Waals surface area contributed by atoms with Crippen molar-refractivity contribution in [3.63, 3.8) is 0 Å². The van der Waals surface area contributed by atoms with Gasteiger partial charge >= 0.3 is 0 Å². The van der Waals surface area contributed by atoms with E-state index in [-0.39, 0.29) is 5.91 Å². The van der Waals surface area contributed by atoms with Crippen molar-refractivity contribution in [1.82, 2.24) is 20.1 Å². The van der Waals surface area contributed by atoms with E-state index in [1.54, 1.807) is 18.5 Å². The van der Waals surface area contributed by atoms with Gasteiger partial charge in [0.1, 0.15) is 12.2 Å². The molecule has 0 spiro atoms. The summed E-state index contributed by atoms with van der Waals surface area (Å²) in [7, 11) is 1.87. The molecular formula is C13H15ClN4O. The number of amides is 1. The highest BCUT2D eigenvalue weighted by atomic mass is 35.5. The Labute approximate surface area is 116 Å². The standard InChI is InChI=1S/C13H15ClN4O/c1-9-3-4-10(7-11(9)14)13(19)15-6-5-12-17-16-8-18(12)2/h3-4,7-8H,5-6H2,1-2H3,(H,15,19). The minimum absolute atomic E-state index is 0.135. The largest absolute Gasteiger partial charge is 0.352 e. The molecule has 5 nitrogen and oxygen atoms in total. The Morgan fingerprint density at radius 1 is 1.47 bits per heavy atom. The lowest BCUT2D eigenvalue weighted by atomic mass is 10.1. The first-order valence-corrected chi connectivity index (χ1v) is 6.33. The van der Waals surface area contributed by atoms with Gasteiger partial charge in [0.25, 0.3) is 5.91 Å². The molecule has 100 valence electrons. The molecule has 1 aromatic heterocycles. The first-order valence-electron chi connectivity index (χ1n) is 5.95. The third kappa shape index (κ3) is 3.32. The number of aromatic nitrogens is 3. The second kappa shape index (κ2) is 5.84. The maximum Gasteiger partial charge on any atom is 0.251 e. The number of halogens is 1. The number of hydrogen-bond donors (Lipinski definition) is 1. The van der Waals surface area contributed by atoms with E-state index in [2.05, 4.69) is 15.5 Å². The van der Waals surface area contributed by atoms with Gasteiger partial charge in [0.15, 0.2) is 0 Å². The van der Waals surface area contributed by atoms with E-state index in [4.69, 9.17) is 11.6 Å². The monoisotopic (exact) mass is 278 g/mol. The van der Waals surface area contributed by atoms with Crippen LogP contribution in [0, 0.1) is 6.92 Å². The SMILES string of the molecule is Cc1ccc(C(=O)NCCc2nncn2C)cc1Cl. The highest BCUT2D eigenvalue weighted by molar-refractivity contribution is 6.31. The molecule has 0 saturated heterocycles. The minimum Gasteiger partial charge on any atom is -0.352 e. The summed E-state index contributed by atoms with van der Waals surface area (Å²) in [5.74, 6) is 0.700. The summed E-state index contributed by atoms with van der Waals surface area (Å²) in [6.07, 6.45) is 2.28. The van der Waals surface area contributed by atoms with Crippen LogP contribution in [0.2, 0.25) is 5.02 Å². The molecular weight excluding hydrogens is 264 g/mol. The van der Waals surface area contributed by atoms with Crippen LogP contribution < -0.4 is 5.32 Å². The van der Waals surface area contributed by atoms with Gasteiger partial charge in [-0.3, -0.25) is 4.79 Å². The molecule has 0 atom stereocenters. The van der Waals surface area contributed by atoms with E-state index in [0.717, 1.165) is 11.4 Å². The predicted octanol–water partition coefficient (Wildman–Crippen LogP) is 1.75. The summed E-state index contributed by atoms with van der Waals surface area (Å²) in [4.78, 5) is 11.9. The molecule has 0 radical (unpaired) electrons. The molecule has 1 amide bonds. The molecule has 0 aliphatic carbocycles. The van der Waals surface area contributed by atoms with Crippen LogP contribution in [0.5, 0.6) is 0 Å². The first kappa shape index (κ1) is 13.5. The van der Waals surface area contributed by atoms with Crippen molar-refractivity contribution in [2.24, 2.45) is 7.05 Å². The molecule has 1 heterocycles. The highest BCUT2D eigenvalue weighted by Crippen LogP contribution is 2.16. The normalized spacial score (nSPS) is 10.5. The summed E-state index contributed by atoms with van der Waals surface area (Å²) in [6, 6.07) is 5.27. The average Bonchev–Trinajstić information content (AvgIpc) is 2.78. The third-order valence-electron chi connectivity index (χ3n) is 2.87. The van der Waals surface area contributed by atoms with Gasteiger partial charge in [0.2, 0.25) is 0 Å². The van der Waals surface area contributed by atoms with Crippen molar-refractivity contribution >= 4 is 17.5 Å². The predicted molar refractivity (Wildman–Crippen MR) is 73.2 cm³/mol. The van der Waals surface area contributed by atoms with Crippen LogP contribution in [0.15, 0.2) is 24.5 Å². The van der Waals surface area contributed by atoms with Crippen LogP contribution in [0.1, 0.15) is 21.7 Å². The Bertz CT molecular complexity index is 594. The molecule has 1 aromatic carbocycles. The van der Waals surface area contributed by atoms with Crippen LogP contribution in [0.25, 0.3) is 0 Å². The summed E-state index contributed by atoms with van der Waals surface area (Å²) in [5, 5.41) is 11.2. The molecule has 0 aliphatic heterocycles. The molecule has 6 heteroatoms. The van der Waals surface area contributed by atoms with Gasteiger partial charge in [-0.2, -0.15) is 0 Å². The van der Waals surface area contributed by atoms with E-state index < -0.39 is 0 Å². The Morgan fingerprint density at radius 2 is 2.26 bits per heavy atom. The van der Waals surface area contributed by atoms with Crippen molar-refractivity contribution < 1.29 is 4.79 Å². The average molecular weight is 279 g/mol. The zero-order chi connectivity index (χ0) is 13.8. The highest BCUT2D eigenvalue weighted by Gasteiger charge is 2.07. The van der Waals surface area contributed by atoms with Crippen molar-refractivity contribution in [2.45, 2.75) is 13.3 Å². The van der Waals surface area contributed by atoms with Crippen LogP contribution in [-0.2, 0) is 13.5 Å². The zero-order valence-corrected chi connectivity index (χ0v) is 11.6. The zero-order valence-electron chi connectivity index (χ0n) is 10.9. The van der Waals surface area contributed by atoms with Gasteiger partial charge in [0, 0.05) is 30.6 Å². The lowest BCUT2D eigenvalue weighted by Crippen LogP contribution is -2.26. The van der Waals surface area contributed by atoms with Gasteiger partial charge in [0.05, 0.1) is 0 Å². The van der Waals surface area contributed by atoms with Crippen molar-refractivity contribution in [1.29, 1.82) is 0 Å². The number of carbonyl (C=O) groups excluding carboxylic acids is 1. The summed E-state index contributed by atoms with van der Waals surface area (Å²) in [6.45, 7) is 2.41. The van der Waals surface area contributed by atoms with E-state index >= 15 is 0 Å². The van der Waals surface area contributed by atoms with Gasteiger partial charge in [-0.25, -0.2) is 0 Å².